The van der Waals surface area contributed by atoms with Gasteiger partial charge in [0.2, 0.25) is 0 Å². The third-order valence-corrected chi connectivity index (χ3v) is 6.98. The standard InChI is InChI=1S/C10H16O4S.C9H8O/c1-9(2)7-3-4-10(9,8(11)5-7)6-15(12,13)14;1-2-6-9-8(4-1)5-3-7-10-9/h7H,3-6H2,1-2H3,(H,12,13,14);1-6H,7H2/t7?,10-;/m1./s1. The van der Waals surface area contributed by atoms with Crippen molar-refractivity contribution in [2.24, 2.45) is 16.7 Å². The van der Waals surface area contributed by atoms with Crippen molar-refractivity contribution in [3.63, 3.8) is 0 Å². The van der Waals surface area contributed by atoms with Gasteiger partial charge < -0.3 is 4.74 Å². The molecule has 1 aliphatic heterocycles. The highest BCUT2D eigenvalue weighted by Crippen LogP contribution is 2.64. The lowest BCUT2D eigenvalue weighted by Gasteiger charge is -2.35. The monoisotopic (exact) mass is 364 g/mol. The zero-order valence-electron chi connectivity index (χ0n) is 14.6. The lowest BCUT2D eigenvalue weighted by molar-refractivity contribution is -0.128. The number of ketones is 1. The Morgan fingerprint density at radius 2 is 2.00 bits per heavy atom. The van der Waals surface area contributed by atoms with Gasteiger partial charge in [-0.25, -0.2) is 0 Å². The smallest absolute Gasteiger partial charge is 0.265 e. The molecule has 25 heavy (non-hydrogen) atoms. The van der Waals surface area contributed by atoms with Crippen molar-refractivity contribution in [2.75, 3.05) is 12.4 Å². The Morgan fingerprint density at radius 1 is 1.28 bits per heavy atom. The van der Waals surface area contributed by atoms with Gasteiger partial charge in [0.1, 0.15) is 18.1 Å². The van der Waals surface area contributed by atoms with Gasteiger partial charge in [-0.2, -0.15) is 8.42 Å². The molecule has 2 saturated carbocycles. The number of rotatable bonds is 2. The number of hydrogen-bond acceptors (Lipinski definition) is 4. The van der Waals surface area contributed by atoms with E-state index in [-0.39, 0.29) is 17.1 Å². The SMILES string of the molecule is C1=Cc2ccccc2OC1.CC1(C)C2CC[C@@]1(CS(=O)(=O)O)C(=O)C2. The number of benzene rings is 1. The third-order valence-electron chi connectivity index (χ3n) is 6.12. The van der Waals surface area contributed by atoms with E-state index in [4.69, 9.17) is 9.29 Å². The molecule has 0 saturated heterocycles. The topological polar surface area (TPSA) is 80.7 Å². The Balaban J connectivity index is 0.000000157. The summed E-state index contributed by atoms with van der Waals surface area (Å²) >= 11 is 0. The number of hydrogen-bond donors (Lipinski definition) is 1. The second kappa shape index (κ2) is 6.25. The molecule has 0 amide bonds. The highest BCUT2D eigenvalue weighted by molar-refractivity contribution is 7.85. The van der Waals surface area contributed by atoms with Crippen LogP contribution >= 0.6 is 0 Å². The second-order valence-electron chi connectivity index (χ2n) is 7.64. The molecule has 0 aromatic heterocycles. The van der Waals surface area contributed by atoms with Crippen molar-refractivity contribution in [3.8, 4) is 5.75 Å². The number of Topliss-reactive ketones (excluding diaryl/α,β-unsaturated/α-hetero) is 1. The zero-order valence-corrected chi connectivity index (χ0v) is 15.4. The highest BCUT2D eigenvalue weighted by atomic mass is 32.2. The predicted octanol–water partition coefficient (Wildman–Crippen LogP) is 3.36. The fraction of sp³-hybridized carbons (Fsp3) is 0.526. The van der Waals surface area contributed by atoms with E-state index in [0.29, 0.717) is 19.4 Å². The van der Waals surface area contributed by atoms with Crippen LogP contribution in [0, 0.1) is 16.7 Å². The van der Waals surface area contributed by atoms with Crippen molar-refractivity contribution >= 4 is 22.0 Å². The van der Waals surface area contributed by atoms with Crippen LogP contribution < -0.4 is 4.74 Å². The molecule has 3 aliphatic rings. The van der Waals surface area contributed by atoms with Gasteiger partial charge >= 0.3 is 0 Å². The first-order valence-corrected chi connectivity index (χ1v) is 10.1. The van der Waals surface area contributed by atoms with Crippen molar-refractivity contribution in [1.82, 2.24) is 0 Å². The van der Waals surface area contributed by atoms with Crippen LogP contribution in [0.15, 0.2) is 30.3 Å². The average Bonchev–Trinajstić information content (AvgIpc) is 2.88. The molecular formula is C19H24O5S. The third kappa shape index (κ3) is 3.25. The van der Waals surface area contributed by atoms with Gasteiger partial charge in [0.15, 0.2) is 0 Å². The summed E-state index contributed by atoms with van der Waals surface area (Å²) in [4.78, 5) is 11.9. The maximum atomic E-state index is 11.9. The number of carbonyl (C=O) groups is 1. The van der Waals surface area contributed by atoms with Gasteiger partial charge in [-0.1, -0.05) is 38.1 Å². The molecule has 1 aromatic rings. The largest absolute Gasteiger partial charge is 0.489 e. The lowest BCUT2D eigenvalue weighted by atomic mass is 9.70. The first-order valence-electron chi connectivity index (χ1n) is 8.52. The van der Waals surface area contributed by atoms with Crippen LogP contribution in [0.4, 0.5) is 0 Å². The fourth-order valence-corrected chi connectivity index (χ4v) is 5.78. The van der Waals surface area contributed by atoms with E-state index in [0.717, 1.165) is 12.2 Å². The molecular weight excluding hydrogens is 340 g/mol. The fourth-order valence-electron chi connectivity index (χ4n) is 4.48. The van der Waals surface area contributed by atoms with Crippen molar-refractivity contribution in [1.29, 1.82) is 0 Å². The van der Waals surface area contributed by atoms with E-state index in [1.54, 1.807) is 0 Å². The lowest BCUT2D eigenvalue weighted by Crippen LogP contribution is -2.42. The summed E-state index contributed by atoms with van der Waals surface area (Å²) in [5, 5.41) is 0. The van der Waals surface area contributed by atoms with Gasteiger partial charge in [-0.05, 0) is 36.3 Å². The predicted molar refractivity (Wildman–Crippen MR) is 95.9 cm³/mol. The maximum absolute atomic E-state index is 11.9. The van der Waals surface area contributed by atoms with Crippen LogP contribution in [0.5, 0.6) is 5.75 Å². The quantitative estimate of drug-likeness (QED) is 0.814. The van der Waals surface area contributed by atoms with Crippen LogP contribution in [-0.2, 0) is 14.9 Å². The Labute approximate surface area is 148 Å². The summed E-state index contributed by atoms with van der Waals surface area (Å²) in [5.41, 5.74) is 0.0549. The first-order chi connectivity index (χ1) is 11.7. The minimum Gasteiger partial charge on any atom is -0.489 e. The maximum Gasteiger partial charge on any atom is 0.265 e. The molecule has 2 bridgehead atoms. The molecule has 4 rings (SSSR count). The van der Waals surface area contributed by atoms with E-state index < -0.39 is 21.3 Å². The molecule has 136 valence electrons. The summed E-state index contributed by atoms with van der Waals surface area (Å²) < 4.78 is 36.3. The van der Waals surface area contributed by atoms with E-state index >= 15 is 0 Å². The van der Waals surface area contributed by atoms with Crippen LogP contribution in [0.3, 0.4) is 0 Å². The molecule has 0 spiro atoms. The Kier molecular flexibility index (Phi) is 4.54. The van der Waals surface area contributed by atoms with Crippen LogP contribution in [0.2, 0.25) is 0 Å². The van der Waals surface area contributed by atoms with Gasteiger partial charge in [-0.15, -0.1) is 0 Å². The number of carbonyl (C=O) groups excluding carboxylic acids is 1. The molecule has 1 unspecified atom stereocenters. The summed E-state index contributed by atoms with van der Waals surface area (Å²) in [7, 11) is -4.08. The van der Waals surface area contributed by atoms with Gasteiger partial charge in [0.05, 0.1) is 11.2 Å². The molecule has 5 nitrogen and oxygen atoms in total. The Hall–Kier alpha value is -1.66. The zero-order chi connectivity index (χ0) is 18.3. The van der Waals surface area contributed by atoms with Crippen molar-refractivity contribution in [3.05, 3.63) is 35.9 Å². The van der Waals surface area contributed by atoms with Crippen LogP contribution in [0.25, 0.3) is 6.08 Å². The highest BCUT2D eigenvalue weighted by Gasteiger charge is 2.65. The number of ether oxygens (including phenoxy) is 1. The molecule has 1 aromatic carbocycles. The van der Waals surface area contributed by atoms with E-state index in [1.165, 1.54) is 5.56 Å². The normalized spacial score (nSPS) is 28.8. The average molecular weight is 364 g/mol. The Bertz CT molecular complexity index is 809. The summed E-state index contributed by atoms with van der Waals surface area (Å²) in [6.45, 7) is 4.60. The summed E-state index contributed by atoms with van der Waals surface area (Å²) in [5.74, 6) is 0.889. The minimum absolute atomic E-state index is 0.0152. The van der Waals surface area contributed by atoms with E-state index in [2.05, 4.69) is 6.08 Å². The molecule has 1 N–H and O–H groups in total. The second-order valence-corrected chi connectivity index (χ2v) is 9.10. The Morgan fingerprint density at radius 3 is 2.56 bits per heavy atom. The molecule has 0 radical (unpaired) electrons. The summed E-state index contributed by atoms with van der Waals surface area (Å²) in [6.07, 6.45) is 6.07. The van der Waals surface area contributed by atoms with Gasteiger partial charge in [0.25, 0.3) is 10.1 Å². The van der Waals surface area contributed by atoms with E-state index in [1.807, 2.05) is 44.2 Å². The molecule has 1 heterocycles. The van der Waals surface area contributed by atoms with Gasteiger partial charge in [-0.3, -0.25) is 9.35 Å². The first kappa shape index (κ1) is 18.1. The van der Waals surface area contributed by atoms with Crippen LogP contribution in [0.1, 0.15) is 38.7 Å². The molecule has 6 heteroatoms. The van der Waals surface area contributed by atoms with Gasteiger partial charge in [0, 0.05) is 12.0 Å². The van der Waals surface area contributed by atoms with E-state index in [9.17, 15) is 13.2 Å². The molecule has 2 aliphatic carbocycles. The van der Waals surface area contributed by atoms with Crippen LogP contribution in [-0.4, -0.2) is 31.1 Å². The number of para-hydroxylation sites is 1. The van der Waals surface area contributed by atoms with Crippen molar-refractivity contribution in [2.45, 2.75) is 33.1 Å². The van der Waals surface area contributed by atoms with Crippen molar-refractivity contribution < 1.29 is 22.5 Å². The number of fused-ring (bicyclic) bond motifs is 3. The minimum atomic E-state index is -4.08. The molecule has 2 fully saturated rings. The summed E-state index contributed by atoms with van der Waals surface area (Å²) in [6, 6.07) is 8.03. The molecule has 2 atom stereocenters.